The number of hydrogen-bond acceptors (Lipinski definition) is 2. The third-order valence-corrected chi connectivity index (χ3v) is 3.12. The lowest BCUT2D eigenvalue weighted by Crippen LogP contribution is -2.21. The summed E-state index contributed by atoms with van der Waals surface area (Å²) in [4.78, 5) is 16.1. The first-order valence-corrected chi connectivity index (χ1v) is 6.07. The van der Waals surface area contributed by atoms with Crippen molar-refractivity contribution in [1.82, 2.24) is 4.98 Å². The van der Waals surface area contributed by atoms with Crippen molar-refractivity contribution in [2.45, 2.75) is 6.92 Å². The summed E-state index contributed by atoms with van der Waals surface area (Å²) in [5, 5.41) is 4.97. The van der Waals surface area contributed by atoms with E-state index in [1.54, 1.807) is 18.5 Å². The Morgan fingerprint density at radius 2 is 2.21 bits per heavy atom. The second kappa shape index (κ2) is 5.48. The smallest absolute Gasteiger partial charge is 0.231 e. The zero-order valence-corrected chi connectivity index (χ0v) is 10.9. The molecular weight excluding hydrogens is 236 g/mol. The molecule has 0 aliphatic rings. The van der Waals surface area contributed by atoms with Crippen LogP contribution in [-0.2, 0) is 4.79 Å². The Balaban J connectivity index is 0.00000200. The molecule has 1 heterocycles. The van der Waals surface area contributed by atoms with Gasteiger partial charge in [0.15, 0.2) is 0 Å². The molecule has 0 radical (unpaired) electrons. The van der Waals surface area contributed by atoms with Crippen LogP contribution in [0.2, 0.25) is 0 Å². The lowest BCUT2D eigenvalue weighted by atomic mass is 10.0. The molecule has 1 aromatic carbocycles. The normalized spacial score (nSPS) is 11.8. The third kappa shape index (κ3) is 2.88. The van der Waals surface area contributed by atoms with Crippen LogP contribution in [0, 0.1) is 5.92 Å². The molecule has 0 fully saturated rings. The first-order chi connectivity index (χ1) is 9.11. The average molecular weight is 254 g/mol. The van der Waals surface area contributed by atoms with Crippen molar-refractivity contribution in [3.8, 4) is 0 Å². The average Bonchev–Trinajstić information content (AvgIpc) is 2.45. The highest BCUT2D eigenvalue weighted by molar-refractivity contribution is 5.96. The van der Waals surface area contributed by atoms with Crippen molar-refractivity contribution in [3.05, 3.63) is 61.5 Å². The fourth-order valence-electron chi connectivity index (χ4n) is 1.76. The Bertz CT molecular complexity index is 652. The van der Waals surface area contributed by atoms with E-state index >= 15 is 0 Å². The summed E-state index contributed by atoms with van der Waals surface area (Å²) in [6, 6.07) is 7.64. The van der Waals surface area contributed by atoms with Crippen LogP contribution in [-0.4, -0.2) is 10.9 Å². The number of fused-ring (bicyclic) bond motifs is 1. The van der Waals surface area contributed by atoms with Gasteiger partial charge in [0.1, 0.15) is 0 Å². The molecule has 0 spiro atoms. The number of pyridine rings is 1. The fraction of sp³-hybridized carbons (Fsp3) is 0.125. The van der Waals surface area contributed by atoms with Crippen LogP contribution in [0.15, 0.2) is 61.5 Å². The minimum atomic E-state index is -0.286. The van der Waals surface area contributed by atoms with Gasteiger partial charge in [-0.15, -0.1) is 0 Å². The lowest BCUT2D eigenvalue weighted by molar-refractivity contribution is -0.118. The molecule has 2 aromatic rings. The SMILES string of the molecule is C=CC(=C)C(C)C(=O)Nc1ccc2cnccc2c1.[HH]. The van der Waals surface area contributed by atoms with Crippen LogP contribution in [0.4, 0.5) is 5.69 Å². The Hall–Kier alpha value is -2.42. The number of hydrogen-bond donors (Lipinski definition) is 1. The number of amides is 1. The molecule has 3 nitrogen and oxygen atoms in total. The number of nitrogens with zero attached hydrogens (tertiary/aromatic N) is 1. The van der Waals surface area contributed by atoms with Gasteiger partial charge in [-0.25, -0.2) is 0 Å². The quantitative estimate of drug-likeness (QED) is 0.843. The maximum atomic E-state index is 12.0. The molecule has 0 saturated heterocycles. The van der Waals surface area contributed by atoms with Crippen LogP contribution in [0.1, 0.15) is 8.35 Å². The standard InChI is InChI=1S/C16H16N2O.H2/c1-4-11(2)12(3)16(19)18-15-6-5-14-10-17-8-7-13(14)9-15;/h4-10,12H,1-2H2,3H3,(H,18,19);1H. The highest BCUT2D eigenvalue weighted by Gasteiger charge is 2.14. The minimum Gasteiger partial charge on any atom is -0.326 e. The van der Waals surface area contributed by atoms with E-state index < -0.39 is 0 Å². The summed E-state index contributed by atoms with van der Waals surface area (Å²) >= 11 is 0. The zero-order valence-electron chi connectivity index (χ0n) is 10.9. The van der Waals surface area contributed by atoms with E-state index in [2.05, 4.69) is 23.5 Å². The van der Waals surface area contributed by atoms with Gasteiger partial charge >= 0.3 is 0 Å². The van der Waals surface area contributed by atoms with Gasteiger partial charge in [0.2, 0.25) is 5.91 Å². The predicted molar refractivity (Wildman–Crippen MR) is 81.0 cm³/mol. The van der Waals surface area contributed by atoms with Crippen molar-refractivity contribution in [1.29, 1.82) is 0 Å². The van der Waals surface area contributed by atoms with Crippen molar-refractivity contribution >= 4 is 22.4 Å². The summed E-state index contributed by atoms with van der Waals surface area (Å²) in [5.41, 5.74) is 1.48. The topological polar surface area (TPSA) is 42.0 Å². The number of carbonyl (C=O) groups is 1. The van der Waals surface area contributed by atoms with Crippen LogP contribution in [0.25, 0.3) is 10.8 Å². The number of aromatic nitrogens is 1. The molecule has 0 saturated carbocycles. The minimum absolute atomic E-state index is 0. The highest BCUT2D eigenvalue weighted by Crippen LogP contribution is 2.19. The van der Waals surface area contributed by atoms with Crippen molar-refractivity contribution < 1.29 is 6.22 Å². The molecule has 1 aromatic heterocycles. The Morgan fingerprint density at radius 3 is 2.95 bits per heavy atom. The highest BCUT2D eigenvalue weighted by atomic mass is 16.1. The Morgan fingerprint density at radius 1 is 1.42 bits per heavy atom. The first kappa shape index (κ1) is 13.0. The van der Waals surface area contributed by atoms with E-state index in [-0.39, 0.29) is 13.3 Å². The molecule has 0 aliphatic carbocycles. The van der Waals surface area contributed by atoms with E-state index in [0.717, 1.165) is 16.5 Å². The Labute approximate surface area is 114 Å². The van der Waals surface area contributed by atoms with Crippen LogP contribution < -0.4 is 5.32 Å². The third-order valence-electron chi connectivity index (χ3n) is 3.12. The molecule has 19 heavy (non-hydrogen) atoms. The number of allylic oxidation sites excluding steroid dienone is 1. The summed E-state index contributed by atoms with van der Waals surface area (Å²) in [7, 11) is 0. The van der Waals surface area contributed by atoms with E-state index in [9.17, 15) is 4.79 Å². The maximum absolute atomic E-state index is 12.0. The largest absolute Gasteiger partial charge is 0.326 e. The first-order valence-electron chi connectivity index (χ1n) is 6.07. The summed E-state index contributed by atoms with van der Waals surface area (Å²) in [5.74, 6) is -0.371. The summed E-state index contributed by atoms with van der Waals surface area (Å²) in [6.45, 7) is 9.23. The van der Waals surface area contributed by atoms with Gasteiger partial charge in [0.05, 0.1) is 5.92 Å². The molecule has 2 rings (SSSR count). The van der Waals surface area contributed by atoms with Gasteiger partial charge in [-0.3, -0.25) is 9.78 Å². The molecule has 3 heteroatoms. The van der Waals surface area contributed by atoms with Crippen LogP contribution in [0.3, 0.4) is 0 Å². The van der Waals surface area contributed by atoms with Gasteiger partial charge in [-0.05, 0) is 36.1 Å². The number of anilines is 1. The van der Waals surface area contributed by atoms with Gasteiger partial charge in [0, 0.05) is 24.9 Å². The van der Waals surface area contributed by atoms with Crippen molar-refractivity contribution in [2.75, 3.05) is 5.32 Å². The second-order valence-corrected chi connectivity index (χ2v) is 4.43. The van der Waals surface area contributed by atoms with Gasteiger partial charge in [-0.2, -0.15) is 0 Å². The van der Waals surface area contributed by atoms with Crippen LogP contribution >= 0.6 is 0 Å². The molecule has 1 N–H and O–H groups in total. The number of rotatable bonds is 4. The summed E-state index contributed by atoms with van der Waals surface area (Å²) in [6.07, 6.45) is 5.13. The monoisotopic (exact) mass is 254 g/mol. The zero-order chi connectivity index (χ0) is 13.8. The number of benzene rings is 1. The molecular formula is C16H18N2O. The molecule has 1 unspecified atom stereocenters. The van der Waals surface area contributed by atoms with E-state index in [0.29, 0.717) is 5.57 Å². The number of nitrogens with one attached hydrogen (secondary N) is 1. The predicted octanol–water partition coefficient (Wildman–Crippen LogP) is 3.80. The molecule has 0 aliphatic heterocycles. The van der Waals surface area contributed by atoms with E-state index in [4.69, 9.17) is 0 Å². The summed E-state index contributed by atoms with van der Waals surface area (Å²) < 4.78 is 0. The van der Waals surface area contributed by atoms with Crippen molar-refractivity contribution in [3.63, 3.8) is 0 Å². The fourth-order valence-corrected chi connectivity index (χ4v) is 1.76. The molecule has 1 amide bonds. The number of carbonyl (C=O) groups excluding carboxylic acids is 1. The van der Waals surface area contributed by atoms with Gasteiger partial charge in [-0.1, -0.05) is 25.3 Å². The molecule has 98 valence electrons. The molecule has 0 bridgehead atoms. The Kier molecular flexibility index (Phi) is 3.76. The lowest BCUT2D eigenvalue weighted by Gasteiger charge is -2.12. The second-order valence-electron chi connectivity index (χ2n) is 4.43. The maximum Gasteiger partial charge on any atom is 0.231 e. The molecule has 1 atom stereocenters. The van der Waals surface area contributed by atoms with Gasteiger partial charge in [0.25, 0.3) is 0 Å². The van der Waals surface area contributed by atoms with Crippen molar-refractivity contribution in [2.24, 2.45) is 5.92 Å². The van der Waals surface area contributed by atoms with E-state index in [1.807, 2.05) is 31.2 Å². The van der Waals surface area contributed by atoms with Gasteiger partial charge < -0.3 is 5.32 Å². The van der Waals surface area contributed by atoms with E-state index in [1.165, 1.54) is 0 Å². The van der Waals surface area contributed by atoms with Crippen LogP contribution in [0.5, 0.6) is 0 Å².